The summed E-state index contributed by atoms with van der Waals surface area (Å²) in [6.45, 7) is 1.73. The topological polar surface area (TPSA) is 47.6 Å². The fourth-order valence-electron chi connectivity index (χ4n) is 0.180. The molecule has 0 aliphatic heterocycles. The van der Waals surface area contributed by atoms with Crippen molar-refractivity contribution in [2.45, 2.75) is 6.92 Å². The molecule has 0 aliphatic carbocycles. The quantitative estimate of drug-likeness (QED) is 0.384. The molecule has 0 radical (unpaired) electrons. The zero-order valence-corrected chi connectivity index (χ0v) is 4.10. The third-order valence-corrected chi connectivity index (χ3v) is 0.596. The molecule has 0 saturated carbocycles. The predicted octanol–water partition coefficient (Wildman–Crippen LogP) is 1.11. The van der Waals surface area contributed by atoms with E-state index in [9.17, 15) is 0 Å². The van der Waals surface area contributed by atoms with Gasteiger partial charge in [0.1, 0.15) is 6.07 Å². The minimum Gasteiger partial charge on any atom is -0.307 e. The van der Waals surface area contributed by atoms with Crippen molar-refractivity contribution in [2.75, 3.05) is 0 Å². The van der Waals surface area contributed by atoms with Crippen LogP contribution in [0.3, 0.4) is 0 Å². The Bertz CT molecular complexity index is 128. The molecule has 2 nitrogen and oxygen atoms in total. The van der Waals surface area contributed by atoms with Crippen molar-refractivity contribution in [3.8, 4) is 6.07 Å². The van der Waals surface area contributed by atoms with Crippen LogP contribution in [0.4, 0.5) is 0 Å². The molecule has 0 aromatic rings. The van der Waals surface area contributed by atoms with Gasteiger partial charge in [-0.2, -0.15) is 5.26 Å². The van der Waals surface area contributed by atoms with Crippen LogP contribution >= 0.6 is 0 Å². The number of allylic oxidation sites excluding steroid dienone is 2. The smallest absolute Gasteiger partial charge is 0.100 e. The molecule has 2 heteroatoms. The Labute approximate surface area is 42.6 Å². The molecule has 0 heterocycles. The Morgan fingerprint density at radius 1 is 1.86 bits per heavy atom. The highest BCUT2D eigenvalue weighted by atomic mass is 14.3. The fourth-order valence-corrected chi connectivity index (χ4v) is 0.180. The maximum atomic E-state index is 8.06. The molecule has 0 bridgehead atoms. The molecule has 0 aromatic heterocycles. The van der Waals surface area contributed by atoms with Crippen LogP contribution in [-0.4, -0.2) is 6.21 Å². The van der Waals surface area contributed by atoms with Gasteiger partial charge in [-0.25, -0.2) is 0 Å². The lowest BCUT2D eigenvalue weighted by Gasteiger charge is -1.73. The van der Waals surface area contributed by atoms with E-state index in [1.54, 1.807) is 13.0 Å². The Kier molecular flexibility index (Phi) is 2.62. The van der Waals surface area contributed by atoms with E-state index < -0.39 is 0 Å². The monoisotopic (exact) mass is 94.1 g/mol. The standard InChI is InChI=1S/C5H6N2/c1-2-5(3-6)4-7/h2-3,6H,1H3. The number of hydrogen-bond donors (Lipinski definition) is 1. The van der Waals surface area contributed by atoms with Gasteiger partial charge in [0.25, 0.3) is 0 Å². The number of nitrogens with zero attached hydrogens (tertiary/aromatic N) is 1. The van der Waals surface area contributed by atoms with Gasteiger partial charge in [-0.05, 0) is 6.92 Å². The minimum absolute atomic E-state index is 0.403. The van der Waals surface area contributed by atoms with E-state index in [1.165, 1.54) is 0 Å². The van der Waals surface area contributed by atoms with E-state index in [1.807, 2.05) is 6.07 Å². The molecule has 0 aromatic carbocycles. The predicted molar refractivity (Wildman–Crippen MR) is 28.2 cm³/mol. The van der Waals surface area contributed by atoms with Gasteiger partial charge in [-0.15, -0.1) is 0 Å². The van der Waals surface area contributed by atoms with Crippen LogP contribution in [0.15, 0.2) is 11.6 Å². The Morgan fingerprint density at radius 2 is 2.43 bits per heavy atom. The van der Waals surface area contributed by atoms with Crippen LogP contribution in [-0.2, 0) is 0 Å². The highest BCUT2D eigenvalue weighted by molar-refractivity contribution is 5.80. The van der Waals surface area contributed by atoms with Crippen molar-refractivity contribution in [3.63, 3.8) is 0 Å². The fraction of sp³-hybridized carbons (Fsp3) is 0.200. The number of rotatable bonds is 1. The zero-order valence-electron chi connectivity index (χ0n) is 4.10. The number of nitrogens with one attached hydrogen (secondary N) is 1. The highest BCUT2D eigenvalue weighted by Crippen LogP contribution is 1.81. The second-order valence-electron chi connectivity index (χ2n) is 1.00. The number of nitriles is 1. The van der Waals surface area contributed by atoms with E-state index in [0.717, 1.165) is 6.21 Å². The second-order valence-corrected chi connectivity index (χ2v) is 1.00. The average molecular weight is 94.1 g/mol. The Hall–Kier alpha value is -1.10. The van der Waals surface area contributed by atoms with Crippen molar-refractivity contribution >= 4 is 6.21 Å². The maximum Gasteiger partial charge on any atom is 0.100 e. The molecule has 0 unspecified atom stereocenters. The SMILES string of the molecule is CC=C(C#N)C=N. The molecule has 0 rings (SSSR count). The summed E-state index contributed by atoms with van der Waals surface area (Å²) < 4.78 is 0. The molecule has 0 spiro atoms. The summed E-state index contributed by atoms with van der Waals surface area (Å²) in [5.74, 6) is 0. The third-order valence-electron chi connectivity index (χ3n) is 0.596. The van der Waals surface area contributed by atoms with Crippen molar-refractivity contribution < 1.29 is 0 Å². The molecule has 1 N–H and O–H groups in total. The summed E-state index contributed by atoms with van der Waals surface area (Å²) in [5, 5.41) is 14.6. The van der Waals surface area contributed by atoms with Gasteiger partial charge >= 0.3 is 0 Å². The molecule has 0 amide bonds. The number of hydrogen-bond acceptors (Lipinski definition) is 2. The zero-order chi connectivity index (χ0) is 5.70. The van der Waals surface area contributed by atoms with Crippen LogP contribution in [0.25, 0.3) is 0 Å². The average Bonchev–Trinajstić information content (AvgIpc) is 1.72. The van der Waals surface area contributed by atoms with Crippen LogP contribution in [0.5, 0.6) is 0 Å². The van der Waals surface area contributed by atoms with Crippen LogP contribution in [0.1, 0.15) is 6.92 Å². The second kappa shape index (κ2) is 3.10. The highest BCUT2D eigenvalue weighted by Gasteiger charge is 1.78. The van der Waals surface area contributed by atoms with Crippen molar-refractivity contribution in [2.24, 2.45) is 0 Å². The van der Waals surface area contributed by atoms with Crippen LogP contribution in [0.2, 0.25) is 0 Å². The molecule has 0 fully saturated rings. The van der Waals surface area contributed by atoms with E-state index in [4.69, 9.17) is 10.7 Å². The van der Waals surface area contributed by atoms with Gasteiger partial charge in [0, 0.05) is 6.21 Å². The first-order valence-corrected chi connectivity index (χ1v) is 1.92. The van der Waals surface area contributed by atoms with Gasteiger partial charge in [0.05, 0.1) is 5.57 Å². The summed E-state index contributed by atoms with van der Waals surface area (Å²) in [6.07, 6.45) is 2.62. The van der Waals surface area contributed by atoms with Crippen LogP contribution in [0, 0.1) is 16.7 Å². The maximum absolute atomic E-state index is 8.06. The molecule has 36 valence electrons. The van der Waals surface area contributed by atoms with E-state index in [-0.39, 0.29) is 0 Å². The van der Waals surface area contributed by atoms with Crippen LogP contribution < -0.4 is 0 Å². The van der Waals surface area contributed by atoms with Crippen molar-refractivity contribution in [3.05, 3.63) is 11.6 Å². The first kappa shape index (κ1) is 5.90. The van der Waals surface area contributed by atoms with Gasteiger partial charge in [0.2, 0.25) is 0 Å². The van der Waals surface area contributed by atoms with E-state index in [0.29, 0.717) is 5.57 Å². The van der Waals surface area contributed by atoms with E-state index in [2.05, 4.69) is 0 Å². The summed E-state index contributed by atoms with van der Waals surface area (Å²) in [6, 6.07) is 1.82. The first-order chi connectivity index (χ1) is 3.35. The molecular formula is C5H6N2. The van der Waals surface area contributed by atoms with E-state index >= 15 is 0 Å². The summed E-state index contributed by atoms with van der Waals surface area (Å²) in [7, 11) is 0. The molecule has 0 aliphatic rings. The van der Waals surface area contributed by atoms with Gasteiger partial charge < -0.3 is 5.41 Å². The Morgan fingerprint density at radius 3 is 2.43 bits per heavy atom. The summed E-state index contributed by atoms with van der Waals surface area (Å²) in [4.78, 5) is 0. The van der Waals surface area contributed by atoms with Crippen molar-refractivity contribution in [1.29, 1.82) is 10.7 Å². The molecule has 0 saturated heterocycles. The molecule has 0 atom stereocenters. The van der Waals surface area contributed by atoms with Crippen molar-refractivity contribution in [1.82, 2.24) is 0 Å². The lowest BCUT2D eigenvalue weighted by Crippen LogP contribution is -1.72. The minimum atomic E-state index is 0.403. The molecule has 7 heavy (non-hydrogen) atoms. The normalized spacial score (nSPS) is 10.0. The van der Waals surface area contributed by atoms with Gasteiger partial charge in [0.15, 0.2) is 0 Å². The van der Waals surface area contributed by atoms with Gasteiger partial charge in [-0.3, -0.25) is 0 Å². The Balaban J connectivity index is 3.94. The largest absolute Gasteiger partial charge is 0.307 e. The summed E-state index contributed by atoms with van der Waals surface area (Å²) in [5.41, 5.74) is 0.403. The lowest BCUT2D eigenvalue weighted by molar-refractivity contribution is 1.48. The summed E-state index contributed by atoms with van der Waals surface area (Å²) >= 11 is 0. The van der Waals surface area contributed by atoms with Gasteiger partial charge in [-0.1, -0.05) is 6.08 Å². The third kappa shape index (κ3) is 1.72. The molecular weight excluding hydrogens is 88.1 g/mol. The lowest BCUT2D eigenvalue weighted by atomic mass is 10.3. The first-order valence-electron chi connectivity index (χ1n) is 1.92.